The van der Waals surface area contributed by atoms with E-state index >= 15 is 0 Å². The maximum Gasteiger partial charge on any atom is 0.305 e. The van der Waals surface area contributed by atoms with Gasteiger partial charge in [0.2, 0.25) is 0 Å². The van der Waals surface area contributed by atoms with Gasteiger partial charge < -0.3 is 4.74 Å². The number of rotatable bonds is 7. The molecule has 0 aromatic heterocycles. The van der Waals surface area contributed by atoms with Gasteiger partial charge in [0.1, 0.15) is 0 Å². The number of hydrogen-bond acceptors (Lipinski definition) is 3. The molecule has 0 saturated heterocycles. The molecule has 1 aromatic carbocycles. The average molecular weight is 282 g/mol. The van der Waals surface area contributed by atoms with Gasteiger partial charge >= 0.3 is 5.97 Å². The summed E-state index contributed by atoms with van der Waals surface area (Å²) in [7, 11) is 0. The third kappa shape index (κ3) is 5.64. The van der Waals surface area contributed by atoms with Crippen LogP contribution in [0, 0.1) is 0 Å². The second-order valence-electron chi connectivity index (χ2n) is 3.97. The summed E-state index contributed by atoms with van der Waals surface area (Å²) in [6.07, 6.45) is 1.55. The number of hydrogen-bond donors (Lipinski definition) is 0. The minimum absolute atomic E-state index is 0.224. The van der Waals surface area contributed by atoms with Crippen molar-refractivity contribution in [1.29, 1.82) is 0 Å². The van der Waals surface area contributed by atoms with Gasteiger partial charge in [0.25, 0.3) is 0 Å². The van der Waals surface area contributed by atoms with Gasteiger partial charge in [-0.15, -0.1) is 0 Å². The molecule has 0 bridgehead atoms. The van der Waals surface area contributed by atoms with Crippen molar-refractivity contribution in [3.63, 3.8) is 0 Å². The summed E-state index contributed by atoms with van der Waals surface area (Å²) in [5.41, 5.74) is 9.48. The highest BCUT2D eigenvalue weighted by Gasteiger charge is 2.11. The molecule has 0 aliphatic heterocycles. The van der Waals surface area contributed by atoms with Crippen molar-refractivity contribution in [2.75, 3.05) is 6.61 Å². The van der Waals surface area contributed by atoms with Crippen LogP contribution in [0.15, 0.2) is 29.4 Å². The Morgan fingerprint density at radius 1 is 1.47 bits per heavy atom. The van der Waals surface area contributed by atoms with Crippen LogP contribution in [-0.2, 0) is 9.53 Å². The molecule has 0 aliphatic carbocycles. The van der Waals surface area contributed by atoms with E-state index in [9.17, 15) is 4.79 Å². The molecule has 0 fully saturated rings. The van der Waals surface area contributed by atoms with Crippen molar-refractivity contribution in [3.05, 3.63) is 45.3 Å². The van der Waals surface area contributed by atoms with Crippen LogP contribution in [0.4, 0.5) is 0 Å². The fourth-order valence-electron chi connectivity index (χ4n) is 1.71. The standard InChI is InChI=1S/C13H16ClN3O2/c1-2-19-13(18)5-3-4-12(16-17-15)10-6-8-11(14)9-7-10/h6-9,12H,2-5H2,1H3. The molecule has 19 heavy (non-hydrogen) atoms. The van der Waals surface area contributed by atoms with E-state index in [0.717, 1.165) is 5.56 Å². The molecule has 0 saturated carbocycles. The van der Waals surface area contributed by atoms with E-state index in [1.165, 1.54) is 0 Å². The average Bonchev–Trinajstić information content (AvgIpc) is 2.39. The lowest BCUT2D eigenvalue weighted by molar-refractivity contribution is -0.143. The van der Waals surface area contributed by atoms with Crippen molar-refractivity contribution in [2.45, 2.75) is 32.2 Å². The third-order valence-electron chi connectivity index (χ3n) is 2.61. The zero-order valence-electron chi connectivity index (χ0n) is 10.8. The smallest absolute Gasteiger partial charge is 0.305 e. The van der Waals surface area contributed by atoms with Crippen molar-refractivity contribution < 1.29 is 9.53 Å². The summed E-state index contributed by atoms with van der Waals surface area (Å²) in [5, 5.41) is 4.39. The largest absolute Gasteiger partial charge is 0.466 e. The second-order valence-corrected chi connectivity index (χ2v) is 4.41. The van der Waals surface area contributed by atoms with Gasteiger partial charge in [0.05, 0.1) is 12.6 Å². The number of halogens is 1. The first-order chi connectivity index (χ1) is 9.17. The predicted octanol–water partition coefficient (Wildman–Crippen LogP) is 4.42. The van der Waals surface area contributed by atoms with E-state index in [2.05, 4.69) is 10.0 Å². The predicted molar refractivity (Wildman–Crippen MR) is 73.8 cm³/mol. The topological polar surface area (TPSA) is 75.1 Å². The summed E-state index contributed by atoms with van der Waals surface area (Å²) in [6.45, 7) is 2.16. The van der Waals surface area contributed by atoms with E-state index in [1.54, 1.807) is 19.1 Å². The van der Waals surface area contributed by atoms with Gasteiger partial charge in [-0.2, -0.15) is 0 Å². The number of carbonyl (C=O) groups excluding carboxylic acids is 1. The van der Waals surface area contributed by atoms with Gasteiger partial charge in [-0.25, -0.2) is 0 Å². The lowest BCUT2D eigenvalue weighted by Crippen LogP contribution is -2.04. The Balaban J connectivity index is 2.56. The summed E-state index contributed by atoms with van der Waals surface area (Å²) in [5.74, 6) is -0.224. The molecule has 6 heteroatoms. The first-order valence-electron chi connectivity index (χ1n) is 6.12. The second kappa shape index (κ2) is 8.40. The summed E-state index contributed by atoms with van der Waals surface area (Å²) >= 11 is 5.81. The van der Waals surface area contributed by atoms with Gasteiger partial charge in [-0.1, -0.05) is 28.8 Å². The molecule has 0 aliphatic rings. The summed E-state index contributed by atoms with van der Waals surface area (Å²) < 4.78 is 4.85. The highest BCUT2D eigenvalue weighted by atomic mass is 35.5. The van der Waals surface area contributed by atoms with Gasteiger partial charge in [-0.05, 0) is 43.0 Å². The lowest BCUT2D eigenvalue weighted by atomic mass is 10.0. The van der Waals surface area contributed by atoms with Gasteiger partial charge in [-0.3, -0.25) is 4.79 Å². The van der Waals surface area contributed by atoms with E-state index in [0.29, 0.717) is 30.9 Å². The SMILES string of the molecule is CCOC(=O)CCCC(N=[N+]=[N-])c1ccc(Cl)cc1. The fraction of sp³-hybridized carbons (Fsp3) is 0.462. The monoisotopic (exact) mass is 281 g/mol. The summed E-state index contributed by atoms with van der Waals surface area (Å²) in [6, 6.07) is 6.87. The highest BCUT2D eigenvalue weighted by Crippen LogP contribution is 2.25. The first kappa shape index (κ1) is 15.3. The molecule has 1 unspecified atom stereocenters. The molecule has 1 aromatic rings. The van der Waals surface area contributed by atoms with Crippen LogP contribution in [0.25, 0.3) is 10.4 Å². The summed E-state index contributed by atoms with van der Waals surface area (Å²) in [4.78, 5) is 14.1. The molecule has 1 atom stereocenters. The van der Waals surface area contributed by atoms with Crippen LogP contribution in [0.2, 0.25) is 5.02 Å². The molecule has 5 nitrogen and oxygen atoms in total. The lowest BCUT2D eigenvalue weighted by Gasteiger charge is -2.11. The zero-order chi connectivity index (χ0) is 14.1. The van der Waals surface area contributed by atoms with Crippen molar-refractivity contribution >= 4 is 17.6 Å². The Kier molecular flexibility index (Phi) is 6.79. The van der Waals surface area contributed by atoms with E-state index in [4.69, 9.17) is 21.9 Å². The van der Waals surface area contributed by atoms with Crippen LogP contribution in [-0.4, -0.2) is 12.6 Å². The maximum absolute atomic E-state index is 11.2. The Morgan fingerprint density at radius 2 is 2.16 bits per heavy atom. The molecule has 0 heterocycles. The molecule has 0 amide bonds. The van der Waals surface area contributed by atoms with E-state index < -0.39 is 0 Å². The number of azide groups is 1. The van der Waals surface area contributed by atoms with Crippen LogP contribution in [0.3, 0.4) is 0 Å². The Hall–Kier alpha value is -1.71. The quantitative estimate of drug-likeness (QED) is 0.321. The van der Waals surface area contributed by atoms with Crippen LogP contribution < -0.4 is 0 Å². The minimum Gasteiger partial charge on any atom is -0.466 e. The number of benzene rings is 1. The fourth-order valence-corrected chi connectivity index (χ4v) is 1.84. The Bertz CT molecular complexity index is 455. The van der Waals surface area contributed by atoms with Crippen LogP contribution >= 0.6 is 11.6 Å². The zero-order valence-corrected chi connectivity index (χ0v) is 11.5. The molecule has 0 radical (unpaired) electrons. The molecule has 1 rings (SSSR count). The van der Waals surface area contributed by atoms with E-state index in [-0.39, 0.29) is 12.0 Å². The number of ether oxygens (including phenoxy) is 1. The molecular formula is C13H16ClN3O2. The third-order valence-corrected chi connectivity index (χ3v) is 2.86. The molecule has 0 spiro atoms. The maximum atomic E-state index is 11.2. The number of nitrogens with zero attached hydrogens (tertiary/aromatic N) is 3. The van der Waals surface area contributed by atoms with Crippen LogP contribution in [0.1, 0.15) is 37.8 Å². The Labute approximate surface area is 117 Å². The molecular weight excluding hydrogens is 266 g/mol. The molecule has 102 valence electrons. The van der Waals surface area contributed by atoms with Crippen molar-refractivity contribution in [1.82, 2.24) is 0 Å². The normalized spacial score (nSPS) is 11.5. The van der Waals surface area contributed by atoms with Gasteiger partial charge in [0.15, 0.2) is 0 Å². The van der Waals surface area contributed by atoms with Crippen LogP contribution in [0.5, 0.6) is 0 Å². The number of carbonyl (C=O) groups is 1. The molecule has 0 N–H and O–H groups in total. The number of esters is 1. The van der Waals surface area contributed by atoms with Crippen molar-refractivity contribution in [3.8, 4) is 0 Å². The highest BCUT2D eigenvalue weighted by molar-refractivity contribution is 6.30. The first-order valence-corrected chi connectivity index (χ1v) is 6.50. The van der Waals surface area contributed by atoms with Gasteiger partial charge in [0, 0.05) is 16.4 Å². The van der Waals surface area contributed by atoms with E-state index in [1.807, 2.05) is 12.1 Å². The Morgan fingerprint density at radius 3 is 2.74 bits per heavy atom. The van der Waals surface area contributed by atoms with Crippen molar-refractivity contribution in [2.24, 2.45) is 5.11 Å². The minimum atomic E-state index is -0.281.